The Balaban J connectivity index is 1.39. The molecule has 1 aliphatic rings. The van der Waals surface area contributed by atoms with Crippen molar-refractivity contribution in [3.8, 4) is 0 Å². The van der Waals surface area contributed by atoms with Gasteiger partial charge in [0.05, 0.1) is 5.39 Å². The van der Waals surface area contributed by atoms with E-state index in [9.17, 15) is 14.4 Å². The Morgan fingerprint density at radius 1 is 1.00 bits per heavy atom. The molecule has 7 heteroatoms. The lowest BCUT2D eigenvalue weighted by Gasteiger charge is -2.36. The molecule has 4 rings (SSSR count). The van der Waals surface area contributed by atoms with E-state index >= 15 is 0 Å². The lowest BCUT2D eigenvalue weighted by Crippen LogP contribution is -2.51. The molecular weight excluding hydrogens is 396 g/mol. The first kappa shape index (κ1) is 20.7. The quantitative estimate of drug-likeness (QED) is 0.604. The molecule has 1 aliphatic heterocycles. The lowest BCUT2D eigenvalue weighted by molar-refractivity contribution is -0.140. The molecule has 2 aromatic carbocycles. The summed E-state index contributed by atoms with van der Waals surface area (Å²) in [4.78, 5) is 41.5. The Morgan fingerprint density at radius 2 is 1.71 bits per heavy atom. The van der Waals surface area contributed by atoms with E-state index in [-0.39, 0.29) is 17.1 Å². The molecule has 1 saturated heterocycles. The molecule has 1 aromatic heterocycles. The van der Waals surface area contributed by atoms with Gasteiger partial charge in [-0.1, -0.05) is 29.8 Å². The molecule has 3 aromatic rings. The number of anilines is 1. The van der Waals surface area contributed by atoms with Crippen molar-refractivity contribution in [2.75, 3.05) is 31.1 Å². The van der Waals surface area contributed by atoms with Crippen LogP contribution in [0.1, 0.15) is 23.0 Å². The van der Waals surface area contributed by atoms with Crippen LogP contribution in [0.4, 0.5) is 5.69 Å². The van der Waals surface area contributed by atoms with Gasteiger partial charge in [-0.15, -0.1) is 0 Å². The van der Waals surface area contributed by atoms with Gasteiger partial charge in [0, 0.05) is 37.9 Å². The summed E-state index contributed by atoms with van der Waals surface area (Å²) < 4.78 is 10.9. The van der Waals surface area contributed by atoms with Gasteiger partial charge in [0.2, 0.25) is 5.76 Å². The summed E-state index contributed by atoms with van der Waals surface area (Å²) in [6, 6.07) is 16.3. The molecule has 7 nitrogen and oxygen atoms in total. The van der Waals surface area contributed by atoms with Gasteiger partial charge >= 0.3 is 5.97 Å². The smallest absolute Gasteiger partial charge is 0.375 e. The van der Waals surface area contributed by atoms with Gasteiger partial charge in [-0.25, -0.2) is 4.79 Å². The highest BCUT2D eigenvalue weighted by Gasteiger charge is 2.28. The number of hydrogen-bond donors (Lipinski definition) is 0. The van der Waals surface area contributed by atoms with Crippen molar-refractivity contribution in [1.82, 2.24) is 4.90 Å². The van der Waals surface area contributed by atoms with E-state index < -0.39 is 12.1 Å². The number of amides is 1. The maximum absolute atomic E-state index is 12.8. The van der Waals surface area contributed by atoms with Gasteiger partial charge in [0.1, 0.15) is 5.58 Å². The minimum Gasteiger partial charge on any atom is -0.449 e. The van der Waals surface area contributed by atoms with E-state index in [1.54, 1.807) is 23.1 Å². The second-order valence-corrected chi connectivity index (χ2v) is 7.67. The van der Waals surface area contributed by atoms with Crippen LogP contribution in [0.5, 0.6) is 0 Å². The Kier molecular flexibility index (Phi) is 5.75. The molecule has 0 aliphatic carbocycles. The van der Waals surface area contributed by atoms with Crippen molar-refractivity contribution in [1.29, 1.82) is 0 Å². The number of carbonyl (C=O) groups excluding carboxylic acids is 2. The predicted molar refractivity (Wildman–Crippen MR) is 117 cm³/mol. The normalized spacial score (nSPS) is 15.0. The van der Waals surface area contributed by atoms with Crippen LogP contribution in [0.3, 0.4) is 0 Å². The molecule has 1 fully saturated rings. The van der Waals surface area contributed by atoms with Gasteiger partial charge in [-0.05, 0) is 38.1 Å². The predicted octanol–water partition coefficient (Wildman–Crippen LogP) is 3.00. The van der Waals surface area contributed by atoms with E-state index in [1.165, 1.54) is 6.92 Å². The fraction of sp³-hybridized carbons (Fsp3) is 0.292. The van der Waals surface area contributed by atoms with Crippen LogP contribution in [-0.4, -0.2) is 49.1 Å². The maximum Gasteiger partial charge on any atom is 0.375 e. The number of carbonyl (C=O) groups is 2. The zero-order valence-electron chi connectivity index (χ0n) is 17.5. The lowest BCUT2D eigenvalue weighted by atomic mass is 10.1. The molecule has 1 amide bonds. The number of esters is 1. The number of piperazine rings is 1. The second-order valence-electron chi connectivity index (χ2n) is 7.67. The molecular formula is C24H24N2O5. The van der Waals surface area contributed by atoms with Crippen molar-refractivity contribution < 1.29 is 18.7 Å². The number of nitrogens with zero attached hydrogens (tertiary/aromatic N) is 2. The van der Waals surface area contributed by atoms with E-state index in [2.05, 4.69) is 4.90 Å². The summed E-state index contributed by atoms with van der Waals surface area (Å²) in [5, 5.41) is 0.400. The van der Waals surface area contributed by atoms with Gasteiger partial charge in [0.25, 0.3) is 5.91 Å². The number of para-hydroxylation sites is 1. The molecule has 0 N–H and O–H groups in total. The Morgan fingerprint density at radius 3 is 2.42 bits per heavy atom. The summed E-state index contributed by atoms with van der Waals surface area (Å²) in [6.45, 7) is 5.89. The number of aryl methyl sites for hydroxylation is 1. The standard InChI is InChI=1S/C24H24N2O5/c1-16-8-9-21-19(14-16)20(27)15-22(31-21)24(29)30-17(2)23(28)26-12-10-25(11-13-26)18-6-4-3-5-7-18/h3-9,14-15,17H,10-13H2,1-2H3/t17-/m1/s1. The fourth-order valence-electron chi connectivity index (χ4n) is 3.72. The van der Waals surface area contributed by atoms with E-state index in [0.29, 0.717) is 37.1 Å². The molecule has 1 atom stereocenters. The molecule has 0 spiro atoms. The van der Waals surface area contributed by atoms with Crippen molar-refractivity contribution in [3.63, 3.8) is 0 Å². The highest BCUT2D eigenvalue weighted by atomic mass is 16.6. The molecule has 0 saturated carbocycles. The van der Waals surface area contributed by atoms with Crippen LogP contribution >= 0.6 is 0 Å². The van der Waals surface area contributed by atoms with Crippen LogP contribution in [0, 0.1) is 6.92 Å². The molecule has 160 valence electrons. The SMILES string of the molecule is Cc1ccc2oc(C(=O)O[C@H](C)C(=O)N3CCN(c4ccccc4)CC3)cc(=O)c2c1. The summed E-state index contributed by atoms with van der Waals surface area (Å²) in [6.07, 6.45) is -0.977. The van der Waals surface area contributed by atoms with Crippen molar-refractivity contribution in [3.05, 3.63) is 76.1 Å². The van der Waals surface area contributed by atoms with Crippen LogP contribution in [0.2, 0.25) is 0 Å². The number of rotatable bonds is 4. The van der Waals surface area contributed by atoms with Gasteiger partial charge in [-0.2, -0.15) is 0 Å². The van der Waals surface area contributed by atoms with Crippen molar-refractivity contribution in [2.45, 2.75) is 20.0 Å². The van der Waals surface area contributed by atoms with Crippen LogP contribution < -0.4 is 10.3 Å². The van der Waals surface area contributed by atoms with E-state index in [1.807, 2.05) is 37.3 Å². The van der Waals surface area contributed by atoms with Crippen LogP contribution in [0.25, 0.3) is 11.0 Å². The third-order valence-corrected chi connectivity index (χ3v) is 5.43. The minimum absolute atomic E-state index is 0.213. The second kappa shape index (κ2) is 8.63. The van der Waals surface area contributed by atoms with Gasteiger partial charge in [0.15, 0.2) is 11.5 Å². The summed E-state index contributed by atoms with van der Waals surface area (Å²) >= 11 is 0. The molecule has 0 unspecified atom stereocenters. The first-order valence-electron chi connectivity index (χ1n) is 10.3. The first-order chi connectivity index (χ1) is 14.9. The number of fused-ring (bicyclic) bond motifs is 1. The third-order valence-electron chi connectivity index (χ3n) is 5.43. The van der Waals surface area contributed by atoms with E-state index in [4.69, 9.17) is 9.15 Å². The minimum atomic E-state index is -0.977. The Labute approximate surface area is 179 Å². The third kappa shape index (κ3) is 4.45. The monoisotopic (exact) mass is 420 g/mol. The summed E-state index contributed by atoms with van der Waals surface area (Å²) in [5.74, 6) is -1.31. The summed E-state index contributed by atoms with van der Waals surface area (Å²) in [7, 11) is 0. The highest BCUT2D eigenvalue weighted by molar-refractivity contribution is 5.91. The molecule has 2 heterocycles. The number of benzene rings is 2. The van der Waals surface area contributed by atoms with E-state index in [0.717, 1.165) is 17.3 Å². The zero-order chi connectivity index (χ0) is 22.0. The first-order valence-corrected chi connectivity index (χ1v) is 10.3. The van der Waals surface area contributed by atoms with Crippen LogP contribution in [-0.2, 0) is 9.53 Å². The van der Waals surface area contributed by atoms with Crippen LogP contribution in [0.15, 0.2) is 63.8 Å². The van der Waals surface area contributed by atoms with Gasteiger partial charge < -0.3 is 19.0 Å². The molecule has 0 radical (unpaired) electrons. The zero-order valence-corrected chi connectivity index (χ0v) is 17.5. The Hall–Kier alpha value is -3.61. The number of hydrogen-bond acceptors (Lipinski definition) is 6. The average molecular weight is 420 g/mol. The van der Waals surface area contributed by atoms with Gasteiger partial charge in [-0.3, -0.25) is 9.59 Å². The molecule has 31 heavy (non-hydrogen) atoms. The largest absolute Gasteiger partial charge is 0.449 e. The maximum atomic E-state index is 12.8. The molecule has 0 bridgehead atoms. The number of ether oxygens (including phenoxy) is 1. The van der Waals surface area contributed by atoms with Crippen molar-refractivity contribution >= 4 is 28.5 Å². The Bertz CT molecular complexity index is 1160. The fourth-order valence-corrected chi connectivity index (χ4v) is 3.72. The van der Waals surface area contributed by atoms with Crippen molar-refractivity contribution in [2.24, 2.45) is 0 Å². The average Bonchev–Trinajstić information content (AvgIpc) is 2.79. The topological polar surface area (TPSA) is 80.1 Å². The summed E-state index contributed by atoms with van der Waals surface area (Å²) in [5.41, 5.74) is 2.02. The highest BCUT2D eigenvalue weighted by Crippen LogP contribution is 2.18.